The first kappa shape index (κ1) is 10.5. The van der Waals surface area contributed by atoms with Crippen molar-refractivity contribution < 1.29 is 4.57 Å². The molecule has 0 saturated carbocycles. The van der Waals surface area contributed by atoms with Gasteiger partial charge in [-0.15, -0.1) is 0 Å². The number of hydrogen-bond donors (Lipinski definition) is 0. The van der Waals surface area contributed by atoms with E-state index in [9.17, 15) is 0 Å². The van der Waals surface area contributed by atoms with Crippen molar-refractivity contribution in [3.8, 4) is 5.69 Å². The molecule has 2 aromatic rings. The topological polar surface area (TPSA) is 21.7 Å². The van der Waals surface area contributed by atoms with Gasteiger partial charge in [-0.25, -0.2) is 4.57 Å². The van der Waals surface area contributed by atoms with Gasteiger partial charge in [0.25, 0.3) is 5.82 Å². The summed E-state index contributed by atoms with van der Waals surface area (Å²) in [7, 11) is 0. The maximum absolute atomic E-state index is 4.67. The Hall–Kier alpha value is -1.64. The van der Waals surface area contributed by atoms with E-state index in [1.165, 1.54) is 12.2 Å². The van der Waals surface area contributed by atoms with Crippen LogP contribution in [0.4, 0.5) is 0 Å². The Bertz CT molecular complexity index is 514. The van der Waals surface area contributed by atoms with E-state index in [1.807, 2.05) is 22.9 Å². The lowest BCUT2D eigenvalue weighted by molar-refractivity contribution is -0.723. The molecule has 1 aromatic heterocycles. The highest BCUT2D eigenvalue weighted by molar-refractivity contribution is 5.28. The average molecular weight is 228 g/mol. The van der Waals surface area contributed by atoms with Crippen molar-refractivity contribution in [2.45, 2.75) is 32.7 Å². The number of nitrogens with zero attached hydrogens (tertiary/aromatic N) is 3. The minimum absolute atomic E-state index is 0.613. The van der Waals surface area contributed by atoms with E-state index in [1.54, 1.807) is 0 Å². The largest absolute Gasteiger partial charge is 0.278 e. The third-order valence-corrected chi connectivity index (χ3v) is 3.57. The summed E-state index contributed by atoms with van der Waals surface area (Å²) >= 11 is 0. The monoisotopic (exact) mass is 228 g/mol. The molecule has 0 aliphatic carbocycles. The maximum Gasteiger partial charge on any atom is 0.278 e. The standard InChI is InChI=1S/C14H18N3/c1-11(2)13-8-9-14-15-17(10-16(13)14)12-6-4-3-5-7-12/h3-7,10-11,13H,8-9H2,1-2H3/q+1/t13-/m1/s1. The van der Waals surface area contributed by atoms with Crippen LogP contribution in [0.25, 0.3) is 5.69 Å². The second kappa shape index (κ2) is 3.99. The van der Waals surface area contributed by atoms with E-state index in [0.717, 1.165) is 12.1 Å². The Morgan fingerprint density at radius 2 is 2.06 bits per heavy atom. The number of aryl methyl sites for hydroxylation is 1. The first-order chi connectivity index (χ1) is 8.25. The fourth-order valence-corrected chi connectivity index (χ4v) is 2.62. The molecule has 0 bridgehead atoms. The fraction of sp³-hybridized carbons (Fsp3) is 0.429. The molecule has 0 saturated heterocycles. The SMILES string of the molecule is CC(C)[C@H]1CCc2nn(-c3ccccc3)c[n+]21. The van der Waals surface area contributed by atoms with Crippen LogP contribution < -0.4 is 4.57 Å². The second-order valence-electron chi connectivity index (χ2n) is 5.07. The van der Waals surface area contributed by atoms with Gasteiger partial charge in [-0.05, 0) is 24.5 Å². The Labute approximate surface area is 102 Å². The number of para-hydroxylation sites is 1. The molecule has 0 spiro atoms. The minimum atomic E-state index is 0.613. The zero-order valence-corrected chi connectivity index (χ0v) is 10.4. The molecule has 0 radical (unpaired) electrons. The summed E-state index contributed by atoms with van der Waals surface area (Å²) in [4.78, 5) is 0. The van der Waals surface area contributed by atoms with Crippen LogP contribution in [0.3, 0.4) is 0 Å². The smallest absolute Gasteiger partial charge is 0.231 e. The molecule has 3 nitrogen and oxygen atoms in total. The molecule has 2 heterocycles. The van der Waals surface area contributed by atoms with E-state index < -0.39 is 0 Å². The number of rotatable bonds is 2. The van der Waals surface area contributed by atoms with E-state index in [2.05, 4.69) is 42.0 Å². The van der Waals surface area contributed by atoms with Gasteiger partial charge in [-0.3, -0.25) is 0 Å². The zero-order valence-electron chi connectivity index (χ0n) is 10.4. The van der Waals surface area contributed by atoms with Crippen LogP contribution in [0.1, 0.15) is 32.1 Å². The second-order valence-corrected chi connectivity index (χ2v) is 5.07. The quantitative estimate of drug-likeness (QED) is 0.723. The van der Waals surface area contributed by atoms with Crippen LogP contribution in [0.2, 0.25) is 0 Å². The summed E-state index contributed by atoms with van der Waals surface area (Å²) in [5, 5.41) is 4.67. The van der Waals surface area contributed by atoms with Gasteiger partial charge in [0.2, 0.25) is 6.33 Å². The highest BCUT2D eigenvalue weighted by Gasteiger charge is 2.33. The van der Waals surface area contributed by atoms with Crippen LogP contribution >= 0.6 is 0 Å². The molecule has 0 amide bonds. The maximum atomic E-state index is 4.67. The Morgan fingerprint density at radius 1 is 1.29 bits per heavy atom. The van der Waals surface area contributed by atoms with Crippen molar-refractivity contribution in [2.24, 2.45) is 5.92 Å². The van der Waals surface area contributed by atoms with Crippen molar-refractivity contribution in [3.05, 3.63) is 42.5 Å². The Morgan fingerprint density at radius 3 is 2.76 bits per heavy atom. The van der Waals surface area contributed by atoms with Crippen molar-refractivity contribution in [1.82, 2.24) is 9.78 Å². The normalized spacial score (nSPS) is 18.6. The van der Waals surface area contributed by atoms with Crippen LogP contribution in [0, 0.1) is 5.92 Å². The van der Waals surface area contributed by atoms with E-state index >= 15 is 0 Å². The van der Waals surface area contributed by atoms with Crippen molar-refractivity contribution in [2.75, 3.05) is 0 Å². The van der Waals surface area contributed by atoms with Crippen LogP contribution in [-0.4, -0.2) is 9.78 Å². The predicted molar refractivity (Wildman–Crippen MR) is 66.0 cm³/mol. The van der Waals surface area contributed by atoms with Crippen molar-refractivity contribution in [3.63, 3.8) is 0 Å². The third kappa shape index (κ3) is 1.75. The molecule has 88 valence electrons. The highest BCUT2D eigenvalue weighted by atomic mass is 15.4. The summed E-state index contributed by atoms with van der Waals surface area (Å²) in [5.74, 6) is 1.89. The molecule has 1 atom stereocenters. The lowest BCUT2D eigenvalue weighted by Gasteiger charge is -2.11. The van der Waals surface area contributed by atoms with Gasteiger partial charge < -0.3 is 0 Å². The predicted octanol–water partition coefficient (Wildman–Crippen LogP) is 2.30. The molecule has 0 fully saturated rings. The fourth-order valence-electron chi connectivity index (χ4n) is 2.62. The van der Waals surface area contributed by atoms with E-state index in [-0.39, 0.29) is 0 Å². The summed E-state index contributed by atoms with van der Waals surface area (Å²) in [6.45, 7) is 4.57. The van der Waals surface area contributed by atoms with Crippen molar-refractivity contribution >= 4 is 0 Å². The number of benzene rings is 1. The lowest BCUT2D eigenvalue weighted by Crippen LogP contribution is -2.38. The van der Waals surface area contributed by atoms with Crippen LogP contribution in [-0.2, 0) is 6.42 Å². The van der Waals surface area contributed by atoms with E-state index in [4.69, 9.17) is 0 Å². The molecule has 1 aliphatic rings. The zero-order chi connectivity index (χ0) is 11.8. The van der Waals surface area contributed by atoms with Crippen molar-refractivity contribution in [1.29, 1.82) is 0 Å². The molecular formula is C14H18N3+. The molecule has 0 unspecified atom stereocenters. The van der Waals surface area contributed by atoms with Gasteiger partial charge in [0.05, 0.1) is 6.04 Å². The minimum Gasteiger partial charge on any atom is -0.231 e. The summed E-state index contributed by atoms with van der Waals surface area (Å²) in [6, 6.07) is 10.9. The van der Waals surface area contributed by atoms with Gasteiger partial charge >= 0.3 is 0 Å². The van der Waals surface area contributed by atoms with Gasteiger partial charge in [-0.2, -0.15) is 0 Å². The summed E-state index contributed by atoms with van der Waals surface area (Å²) in [5.41, 5.74) is 1.14. The average Bonchev–Trinajstić information content (AvgIpc) is 2.88. The van der Waals surface area contributed by atoms with Gasteiger partial charge in [0.15, 0.2) is 0 Å². The van der Waals surface area contributed by atoms with Crippen LogP contribution in [0.5, 0.6) is 0 Å². The third-order valence-electron chi connectivity index (χ3n) is 3.57. The molecule has 0 N–H and O–H groups in total. The molecule has 3 rings (SSSR count). The molecule has 1 aliphatic heterocycles. The first-order valence-electron chi connectivity index (χ1n) is 6.31. The van der Waals surface area contributed by atoms with Gasteiger partial charge in [0, 0.05) is 11.5 Å². The Kier molecular flexibility index (Phi) is 2.46. The summed E-state index contributed by atoms with van der Waals surface area (Å²) < 4.78 is 4.33. The lowest BCUT2D eigenvalue weighted by atomic mass is 10.0. The summed E-state index contributed by atoms with van der Waals surface area (Å²) in [6.07, 6.45) is 4.47. The number of aromatic nitrogens is 3. The molecule has 3 heteroatoms. The molecular weight excluding hydrogens is 210 g/mol. The first-order valence-corrected chi connectivity index (χ1v) is 6.31. The Balaban J connectivity index is 1.99. The molecule has 1 aromatic carbocycles. The van der Waals surface area contributed by atoms with Gasteiger partial charge in [0.1, 0.15) is 5.69 Å². The van der Waals surface area contributed by atoms with Gasteiger partial charge in [-0.1, -0.05) is 36.7 Å². The van der Waals surface area contributed by atoms with Crippen LogP contribution in [0.15, 0.2) is 36.7 Å². The number of hydrogen-bond acceptors (Lipinski definition) is 1. The van der Waals surface area contributed by atoms with E-state index in [0.29, 0.717) is 12.0 Å². The highest BCUT2D eigenvalue weighted by Crippen LogP contribution is 2.23. The number of fused-ring (bicyclic) bond motifs is 1. The molecule has 17 heavy (non-hydrogen) atoms.